The largest absolute Gasteiger partial charge is 0.487 e. The van der Waals surface area contributed by atoms with Crippen LogP contribution in [0.15, 0.2) is 18.2 Å². The average molecular weight is 320 g/mol. The van der Waals surface area contributed by atoms with Gasteiger partial charge in [-0.3, -0.25) is 10.1 Å². The number of nitrogens with zero attached hydrogens (tertiary/aromatic N) is 1. The highest BCUT2D eigenvalue weighted by Crippen LogP contribution is 2.28. The van der Waals surface area contributed by atoms with Gasteiger partial charge in [0.1, 0.15) is 0 Å². The molecule has 0 atom stereocenters. The number of ether oxygens (including phenoxy) is 1. The van der Waals surface area contributed by atoms with Crippen molar-refractivity contribution in [2.45, 2.75) is 11.8 Å². The Kier molecular flexibility index (Phi) is 6.36. The van der Waals surface area contributed by atoms with Crippen LogP contribution in [0, 0.1) is 10.1 Å². The van der Waals surface area contributed by atoms with Gasteiger partial charge in [0, 0.05) is 11.4 Å². The van der Waals surface area contributed by atoms with Crippen LogP contribution in [0.3, 0.4) is 0 Å². The third kappa shape index (κ3) is 4.55. The molecule has 6 heteroatoms. The Morgan fingerprint density at radius 2 is 2.29 bits per heavy atom. The fourth-order valence-corrected chi connectivity index (χ4v) is 2.05. The number of rotatable bonds is 7. The summed E-state index contributed by atoms with van der Waals surface area (Å²) >= 11 is 5.01. The van der Waals surface area contributed by atoms with E-state index in [9.17, 15) is 10.1 Å². The molecule has 0 aliphatic heterocycles. The van der Waals surface area contributed by atoms with E-state index in [4.69, 9.17) is 4.74 Å². The molecule has 1 aromatic rings. The second-order valence-electron chi connectivity index (χ2n) is 3.39. The van der Waals surface area contributed by atoms with Crippen LogP contribution in [0.2, 0.25) is 0 Å². The van der Waals surface area contributed by atoms with Crippen LogP contribution in [-0.4, -0.2) is 23.5 Å². The van der Waals surface area contributed by atoms with E-state index in [1.807, 2.05) is 12.3 Å². The van der Waals surface area contributed by atoms with Gasteiger partial charge in [0.25, 0.3) is 0 Å². The molecule has 0 N–H and O–H groups in total. The molecule has 1 rings (SSSR count). The Hall–Kier alpha value is -0.750. The van der Waals surface area contributed by atoms with Gasteiger partial charge in [0.15, 0.2) is 5.75 Å². The molecule has 0 fully saturated rings. The Bertz CT molecular complexity index is 387. The lowest BCUT2D eigenvalue weighted by Gasteiger charge is -2.07. The van der Waals surface area contributed by atoms with Crippen molar-refractivity contribution in [2.24, 2.45) is 0 Å². The third-order valence-corrected chi connectivity index (χ3v) is 3.47. The summed E-state index contributed by atoms with van der Waals surface area (Å²) in [6.07, 6.45) is 2.91. The zero-order valence-electron chi connectivity index (χ0n) is 9.52. The van der Waals surface area contributed by atoms with Crippen LogP contribution in [0.5, 0.6) is 5.75 Å². The molecule has 1 aromatic carbocycles. The van der Waals surface area contributed by atoms with Gasteiger partial charge in [0.05, 0.1) is 11.5 Å². The molecule has 0 saturated heterocycles. The monoisotopic (exact) mass is 319 g/mol. The van der Waals surface area contributed by atoms with Crippen LogP contribution in [0.25, 0.3) is 0 Å². The first-order chi connectivity index (χ1) is 8.19. The van der Waals surface area contributed by atoms with E-state index in [-0.39, 0.29) is 5.69 Å². The smallest absolute Gasteiger partial charge is 0.311 e. The predicted octanol–water partition coefficient (Wildman–Crippen LogP) is 3.62. The summed E-state index contributed by atoms with van der Waals surface area (Å²) < 4.78 is 5.43. The van der Waals surface area contributed by atoms with Crippen molar-refractivity contribution < 1.29 is 9.66 Å². The molecular weight excluding hydrogens is 306 g/mol. The van der Waals surface area contributed by atoms with Crippen LogP contribution < -0.4 is 4.74 Å². The molecule has 0 radical (unpaired) electrons. The molecule has 4 nitrogen and oxygen atoms in total. The molecule has 94 valence electrons. The second-order valence-corrected chi connectivity index (χ2v) is 4.93. The van der Waals surface area contributed by atoms with Crippen LogP contribution in [0.1, 0.15) is 12.0 Å². The maximum absolute atomic E-state index is 10.9. The Morgan fingerprint density at radius 3 is 2.88 bits per heavy atom. The van der Waals surface area contributed by atoms with E-state index in [1.54, 1.807) is 23.9 Å². The molecule has 0 unspecified atom stereocenters. The summed E-state index contributed by atoms with van der Waals surface area (Å²) in [6, 6.07) is 5.03. The molecule has 0 aliphatic carbocycles. The summed E-state index contributed by atoms with van der Waals surface area (Å²) in [5, 5.41) is 11.5. The molecule has 0 spiro atoms. The minimum Gasteiger partial charge on any atom is -0.487 e. The van der Waals surface area contributed by atoms with Gasteiger partial charge in [-0.25, -0.2) is 0 Å². The van der Waals surface area contributed by atoms with Gasteiger partial charge in [0.2, 0.25) is 0 Å². The molecule has 0 aliphatic rings. The van der Waals surface area contributed by atoms with Crippen molar-refractivity contribution in [3.05, 3.63) is 33.9 Å². The zero-order chi connectivity index (χ0) is 12.7. The lowest BCUT2D eigenvalue weighted by molar-refractivity contribution is -0.385. The number of benzene rings is 1. The number of hydrogen-bond acceptors (Lipinski definition) is 4. The highest BCUT2D eigenvalue weighted by atomic mass is 79.9. The number of nitro groups is 1. The molecule has 0 aromatic heterocycles. The van der Waals surface area contributed by atoms with Gasteiger partial charge in [-0.1, -0.05) is 22.0 Å². The molecular formula is C11H14BrNO3S. The predicted molar refractivity (Wildman–Crippen MR) is 74.2 cm³/mol. The summed E-state index contributed by atoms with van der Waals surface area (Å²) in [4.78, 5) is 10.5. The fourth-order valence-electron chi connectivity index (χ4n) is 1.30. The van der Waals surface area contributed by atoms with Crippen molar-refractivity contribution in [2.75, 3.05) is 18.6 Å². The van der Waals surface area contributed by atoms with E-state index >= 15 is 0 Å². The number of nitro benzene ring substituents is 1. The van der Waals surface area contributed by atoms with Crippen molar-refractivity contribution in [3.63, 3.8) is 0 Å². The SMILES string of the molecule is CSCCCOc1ccc(CBr)cc1[N+](=O)[O-]. The van der Waals surface area contributed by atoms with Crippen molar-refractivity contribution in [3.8, 4) is 5.75 Å². The zero-order valence-corrected chi connectivity index (χ0v) is 11.9. The second kappa shape index (κ2) is 7.55. The Labute approximate surface area is 113 Å². The lowest BCUT2D eigenvalue weighted by atomic mass is 10.2. The number of hydrogen-bond donors (Lipinski definition) is 0. The Balaban J connectivity index is 2.73. The van der Waals surface area contributed by atoms with E-state index < -0.39 is 4.92 Å². The average Bonchev–Trinajstić information content (AvgIpc) is 2.34. The maximum atomic E-state index is 10.9. The van der Waals surface area contributed by atoms with E-state index in [0.29, 0.717) is 17.7 Å². The molecule has 17 heavy (non-hydrogen) atoms. The molecule has 0 heterocycles. The normalized spacial score (nSPS) is 10.2. The highest BCUT2D eigenvalue weighted by molar-refractivity contribution is 9.08. The van der Waals surface area contributed by atoms with Gasteiger partial charge >= 0.3 is 5.69 Å². The van der Waals surface area contributed by atoms with Gasteiger partial charge in [-0.05, 0) is 30.1 Å². The van der Waals surface area contributed by atoms with Gasteiger partial charge in [-0.2, -0.15) is 11.8 Å². The highest BCUT2D eigenvalue weighted by Gasteiger charge is 2.15. The minimum atomic E-state index is -0.407. The fraction of sp³-hybridized carbons (Fsp3) is 0.455. The van der Waals surface area contributed by atoms with Gasteiger partial charge < -0.3 is 4.74 Å². The number of alkyl halides is 1. The summed E-state index contributed by atoms with van der Waals surface area (Å²) in [5.74, 6) is 1.34. The van der Waals surface area contributed by atoms with E-state index in [1.165, 1.54) is 0 Å². The molecule has 0 bridgehead atoms. The third-order valence-electron chi connectivity index (χ3n) is 2.12. The van der Waals surface area contributed by atoms with Gasteiger partial charge in [-0.15, -0.1) is 0 Å². The van der Waals surface area contributed by atoms with Crippen LogP contribution >= 0.6 is 27.7 Å². The van der Waals surface area contributed by atoms with Crippen molar-refractivity contribution in [1.29, 1.82) is 0 Å². The lowest BCUT2D eigenvalue weighted by Crippen LogP contribution is -2.02. The first kappa shape index (κ1) is 14.3. The van der Waals surface area contributed by atoms with Crippen LogP contribution in [0.4, 0.5) is 5.69 Å². The van der Waals surface area contributed by atoms with Crippen molar-refractivity contribution >= 4 is 33.4 Å². The molecule has 0 amide bonds. The quantitative estimate of drug-likeness (QED) is 0.333. The topological polar surface area (TPSA) is 52.4 Å². The summed E-state index contributed by atoms with van der Waals surface area (Å²) in [7, 11) is 0. The Morgan fingerprint density at radius 1 is 1.53 bits per heavy atom. The standard InChI is InChI=1S/C11H14BrNO3S/c1-17-6-2-5-16-11-4-3-9(8-12)7-10(11)13(14)15/h3-4,7H,2,5-6,8H2,1H3. The minimum absolute atomic E-state index is 0.0334. The first-order valence-corrected chi connectivity index (χ1v) is 7.65. The van der Waals surface area contributed by atoms with E-state index in [0.717, 1.165) is 17.7 Å². The maximum Gasteiger partial charge on any atom is 0.311 e. The summed E-state index contributed by atoms with van der Waals surface area (Å²) in [5.41, 5.74) is 0.902. The first-order valence-electron chi connectivity index (χ1n) is 5.14. The molecule has 0 saturated carbocycles. The number of thioether (sulfide) groups is 1. The number of halogens is 1. The van der Waals surface area contributed by atoms with Crippen LogP contribution in [-0.2, 0) is 5.33 Å². The summed E-state index contributed by atoms with van der Waals surface area (Å²) in [6.45, 7) is 0.509. The van der Waals surface area contributed by atoms with E-state index in [2.05, 4.69) is 15.9 Å². The van der Waals surface area contributed by atoms with Crippen molar-refractivity contribution in [1.82, 2.24) is 0 Å².